The van der Waals surface area contributed by atoms with Crippen LogP contribution in [0, 0.1) is 12.7 Å². The molecule has 2 aromatic rings. The third-order valence-corrected chi connectivity index (χ3v) is 6.72. The molecule has 7 heteroatoms. The van der Waals surface area contributed by atoms with Crippen LogP contribution < -0.4 is 4.74 Å². The molecule has 1 amide bonds. The SMILES string of the molecule is CCO[C@H]1C[C@@H](c2cncc(F)c2)OC2(CCN(C(=O)c3ccc(OC(C)C)c(C)c3)CC2)C1. The van der Waals surface area contributed by atoms with Crippen molar-refractivity contribution < 1.29 is 23.4 Å². The molecule has 0 saturated carbocycles. The number of nitrogens with zero attached hydrogens (tertiary/aromatic N) is 2. The average molecular weight is 471 g/mol. The topological polar surface area (TPSA) is 60.9 Å². The summed E-state index contributed by atoms with van der Waals surface area (Å²) < 4.78 is 32.2. The van der Waals surface area contributed by atoms with Gasteiger partial charge >= 0.3 is 0 Å². The first-order valence-electron chi connectivity index (χ1n) is 12.2. The Kier molecular flexibility index (Phi) is 7.53. The summed E-state index contributed by atoms with van der Waals surface area (Å²) in [7, 11) is 0. The number of ether oxygens (including phenoxy) is 3. The highest BCUT2D eigenvalue weighted by Gasteiger charge is 2.45. The van der Waals surface area contributed by atoms with Gasteiger partial charge in [-0.1, -0.05) is 0 Å². The van der Waals surface area contributed by atoms with Gasteiger partial charge in [-0.05, 0) is 70.4 Å². The van der Waals surface area contributed by atoms with Gasteiger partial charge in [0.1, 0.15) is 11.6 Å². The lowest BCUT2D eigenvalue weighted by Gasteiger charge is -2.48. The normalized spacial score (nSPS) is 22.2. The van der Waals surface area contributed by atoms with Crippen molar-refractivity contribution in [1.29, 1.82) is 0 Å². The molecule has 2 saturated heterocycles. The lowest BCUT2D eigenvalue weighted by molar-refractivity contribution is -0.190. The summed E-state index contributed by atoms with van der Waals surface area (Å²) in [6.07, 6.45) is 5.61. The van der Waals surface area contributed by atoms with Gasteiger partial charge in [-0.15, -0.1) is 0 Å². The van der Waals surface area contributed by atoms with E-state index in [1.54, 1.807) is 6.20 Å². The monoisotopic (exact) mass is 470 g/mol. The van der Waals surface area contributed by atoms with Gasteiger partial charge in [-0.2, -0.15) is 0 Å². The molecule has 0 unspecified atom stereocenters. The second-order valence-electron chi connectivity index (χ2n) is 9.68. The molecular formula is C27H35FN2O4. The minimum atomic E-state index is -0.392. The molecule has 2 fully saturated rings. The first-order valence-corrected chi connectivity index (χ1v) is 12.2. The number of carbonyl (C=O) groups is 1. The Morgan fingerprint density at radius 1 is 1.26 bits per heavy atom. The average Bonchev–Trinajstić information content (AvgIpc) is 2.80. The van der Waals surface area contributed by atoms with Gasteiger partial charge in [-0.25, -0.2) is 4.39 Å². The van der Waals surface area contributed by atoms with Gasteiger partial charge in [0, 0.05) is 49.9 Å². The zero-order valence-corrected chi connectivity index (χ0v) is 20.6. The molecule has 3 heterocycles. The van der Waals surface area contributed by atoms with Crippen LogP contribution in [-0.4, -0.2) is 53.3 Å². The van der Waals surface area contributed by atoms with Crippen LogP contribution in [0.5, 0.6) is 5.75 Å². The Morgan fingerprint density at radius 3 is 2.68 bits per heavy atom. The highest BCUT2D eigenvalue weighted by atomic mass is 19.1. The molecule has 1 spiro atoms. The summed E-state index contributed by atoms with van der Waals surface area (Å²) in [5.41, 5.74) is 1.97. The maximum absolute atomic E-state index is 13.8. The van der Waals surface area contributed by atoms with Crippen LogP contribution >= 0.6 is 0 Å². The lowest BCUT2D eigenvalue weighted by Crippen LogP contribution is -2.52. The van der Waals surface area contributed by atoms with Gasteiger partial charge in [0.25, 0.3) is 5.91 Å². The fourth-order valence-electron chi connectivity index (χ4n) is 5.10. The zero-order valence-electron chi connectivity index (χ0n) is 20.6. The van der Waals surface area contributed by atoms with Gasteiger partial charge in [0.15, 0.2) is 0 Å². The number of halogens is 1. The van der Waals surface area contributed by atoms with Crippen molar-refractivity contribution in [2.24, 2.45) is 0 Å². The second kappa shape index (κ2) is 10.4. The molecule has 2 aliphatic heterocycles. The van der Waals surface area contributed by atoms with Crippen LogP contribution in [-0.2, 0) is 9.47 Å². The van der Waals surface area contributed by atoms with E-state index in [-0.39, 0.29) is 30.0 Å². The summed E-state index contributed by atoms with van der Waals surface area (Å²) in [6.45, 7) is 9.76. The first-order chi connectivity index (χ1) is 16.3. The molecule has 0 bridgehead atoms. The number of piperidine rings is 1. The molecule has 2 aliphatic rings. The van der Waals surface area contributed by atoms with E-state index in [2.05, 4.69) is 4.98 Å². The van der Waals surface area contributed by atoms with Crippen LogP contribution in [0.4, 0.5) is 4.39 Å². The first kappa shape index (κ1) is 24.6. The zero-order chi connectivity index (χ0) is 24.3. The number of amides is 1. The number of carbonyl (C=O) groups excluding carboxylic acids is 1. The van der Waals surface area contributed by atoms with E-state index in [9.17, 15) is 9.18 Å². The van der Waals surface area contributed by atoms with E-state index < -0.39 is 5.60 Å². The number of rotatable bonds is 6. The van der Waals surface area contributed by atoms with Crippen molar-refractivity contribution in [2.45, 2.75) is 77.3 Å². The van der Waals surface area contributed by atoms with E-state index in [4.69, 9.17) is 14.2 Å². The summed E-state index contributed by atoms with van der Waals surface area (Å²) >= 11 is 0. The van der Waals surface area contributed by atoms with Crippen LogP contribution in [0.3, 0.4) is 0 Å². The number of hydrogen-bond donors (Lipinski definition) is 0. The summed E-state index contributed by atoms with van der Waals surface area (Å²) in [6, 6.07) is 7.11. The van der Waals surface area contributed by atoms with E-state index in [1.807, 2.05) is 50.8 Å². The Bertz CT molecular complexity index is 1000. The van der Waals surface area contributed by atoms with Crippen molar-refractivity contribution in [3.05, 3.63) is 59.2 Å². The van der Waals surface area contributed by atoms with Crippen molar-refractivity contribution >= 4 is 5.91 Å². The van der Waals surface area contributed by atoms with E-state index >= 15 is 0 Å². The van der Waals surface area contributed by atoms with Gasteiger partial charge in [0.2, 0.25) is 0 Å². The number of likely N-dealkylation sites (tertiary alicyclic amines) is 1. The minimum Gasteiger partial charge on any atom is -0.491 e. The maximum atomic E-state index is 13.8. The quantitative estimate of drug-likeness (QED) is 0.577. The molecule has 6 nitrogen and oxygen atoms in total. The van der Waals surface area contributed by atoms with Gasteiger partial charge < -0.3 is 19.1 Å². The molecule has 0 N–H and O–H groups in total. The molecule has 4 rings (SSSR count). The third kappa shape index (κ3) is 5.58. The Hall–Kier alpha value is -2.51. The molecule has 184 valence electrons. The highest BCUT2D eigenvalue weighted by Crippen LogP contribution is 2.44. The Morgan fingerprint density at radius 2 is 2.03 bits per heavy atom. The van der Waals surface area contributed by atoms with E-state index in [1.165, 1.54) is 12.3 Å². The molecule has 2 atom stereocenters. The van der Waals surface area contributed by atoms with Crippen molar-refractivity contribution in [3.8, 4) is 5.75 Å². The van der Waals surface area contributed by atoms with Crippen molar-refractivity contribution in [2.75, 3.05) is 19.7 Å². The smallest absolute Gasteiger partial charge is 0.253 e. The lowest BCUT2D eigenvalue weighted by atomic mass is 9.80. The molecule has 0 radical (unpaired) electrons. The number of aromatic nitrogens is 1. The standard InChI is InChI=1S/C27H35FN2O4/c1-5-32-23-14-25(21-13-22(28)17-29-16-21)34-27(15-23)8-10-30(11-9-27)26(31)20-6-7-24(19(4)12-20)33-18(2)3/h6-7,12-13,16-18,23,25H,5,8-11,14-15H2,1-4H3/t23-,25-/m0/s1. The van der Waals surface area contributed by atoms with Crippen molar-refractivity contribution in [3.63, 3.8) is 0 Å². The largest absolute Gasteiger partial charge is 0.491 e. The van der Waals surface area contributed by atoms with Gasteiger partial charge in [-0.3, -0.25) is 9.78 Å². The van der Waals surface area contributed by atoms with Crippen LogP contribution in [0.1, 0.15) is 74.0 Å². The predicted molar refractivity (Wildman–Crippen MR) is 127 cm³/mol. The number of pyridine rings is 1. The fraction of sp³-hybridized carbons (Fsp3) is 0.556. The Balaban J connectivity index is 1.45. The molecule has 0 aliphatic carbocycles. The van der Waals surface area contributed by atoms with Crippen LogP contribution in [0.2, 0.25) is 0 Å². The third-order valence-electron chi connectivity index (χ3n) is 6.72. The number of hydrogen-bond acceptors (Lipinski definition) is 5. The minimum absolute atomic E-state index is 0.0251. The summed E-state index contributed by atoms with van der Waals surface area (Å²) in [5, 5.41) is 0. The molecule has 1 aromatic carbocycles. The van der Waals surface area contributed by atoms with E-state index in [0.29, 0.717) is 31.7 Å². The number of aryl methyl sites for hydroxylation is 1. The molecule has 1 aromatic heterocycles. The predicted octanol–water partition coefficient (Wildman–Crippen LogP) is 5.25. The second-order valence-corrected chi connectivity index (χ2v) is 9.68. The number of benzene rings is 1. The van der Waals surface area contributed by atoms with Gasteiger partial charge in [0.05, 0.1) is 30.1 Å². The van der Waals surface area contributed by atoms with Crippen LogP contribution in [0.15, 0.2) is 36.7 Å². The van der Waals surface area contributed by atoms with E-state index in [0.717, 1.165) is 36.1 Å². The summed E-state index contributed by atoms with van der Waals surface area (Å²) in [4.78, 5) is 19.1. The summed E-state index contributed by atoms with van der Waals surface area (Å²) in [5.74, 6) is 0.464. The molecule has 34 heavy (non-hydrogen) atoms. The fourth-order valence-corrected chi connectivity index (χ4v) is 5.10. The van der Waals surface area contributed by atoms with Crippen molar-refractivity contribution in [1.82, 2.24) is 9.88 Å². The maximum Gasteiger partial charge on any atom is 0.253 e. The van der Waals surface area contributed by atoms with Crippen LogP contribution in [0.25, 0.3) is 0 Å². The Labute approximate surface area is 201 Å². The molecular weight excluding hydrogens is 435 g/mol. The highest BCUT2D eigenvalue weighted by molar-refractivity contribution is 5.94.